The molecule has 33 heavy (non-hydrogen) atoms. The van der Waals surface area contributed by atoms with Gasteiger partial charge < -0.3 is 23.6 Å². The fraction of sp³-hybridized carbons (Fsp3) is 0.125. The van der Waals surface area contributed by atoms with Crippen LogP contribution in [0, 0.1) is 6.92 Å². The lowest BCUT2D eigenvalue weighted by molar-refractivity contribution is -0.136. The molecule has 0 saturated carbocycles. The molecule has 0 aliphatic heterocycles. The first-order valence-corrected chi connectivity index (χ1v) is 10.7. The summed E-state index contributed by atoms with van der Waals surface area (Å²) < 4.78 is 21.9. The standard InChI is InChI=1S/C24H18BrNO7/c1-14-4-7-20(19(25)9-14)31-13-22(27)32-16-6-5-15-10-18(24(29)33-21(15)11-16)23(28)26-12-17-3-2-8-30-17/h2-11H,12-13H2,1H3,(H,26,28). The van der Waals surface area contributed by atoms with Crippen LogP contribution >= 0.6 is 15.9 Å². The predicted molar refractivity (Wildman–Crippen MR) is 122 cm³/mol. The van der Waals surface area contributed by atoms with Crippen LogP contribution < -0.4 is 20.4 Å². The number of hydrogen-bond donors (Lipinski definition) is 1. The van der Waals surface area contributed by atoms with Crippen molar-refractivity contribution in [3.05, 3.63) is 92.6 Å². The Balaban J connectivity index is 1.42. The summed E-state index contributed by atoms with van der Waals surface area (Å²) in [5.74, 6) is 0.0333. The molecular formula is C24H18BrNO7. The molecule has 0 radical (unpaired) electrons. The number of carbonyl (C=O) groups excluding carboxylic acids is 2. The molecule has 0 bridgehead atoms. The SMILES string of the molecule is Cc1ccc(OCC(=O)Oc2ccc3cc(C(=O)NCc4ccco4)c(=O)oc3c2)c(Br)c1. The Morgan fingerprint density at radius 1 is 1.09 bits per heavy atom. The minimum absolute atomic E-state index is 0.138. The Labute approximate surface area is 196 Å². The van der Waals surface area contributed by atoms with Crippen molar-refractivity contribution in [2.24, 2.45) is 0 Å². The smallest absolute Gasteiger partial charge is 0.349 e. The van der Waals surface area contributed by atoms with Crippen molar-refractivity contribution in [3.8, 4) is 11.5 Å². The Morgan fingerprint density at radius 2 is 1.94 bits per heavy atom. The van der Waals surface area contributed by atoms with Crippen LogP contribution in [-0.2, 0) is 11.3 Å². The molecule has 9 heteroatoms. The normalized spacial score (nSPS) is 10.7. The van der Waals surface area contributed by atoms with Gasteiger partial charge in [-0.25, -0.2) is 9.59 Å². The van der Waals surface area contributed by atoms with E-state index in [1.54, 1.807) is 24.3 Å². The predicted octanol–water partition coefficient (Wildman–Crippen LogP) is 4.37. The molecule has 4 aromatic rings. The zero-order valence-electron chi connectivity index (χ0n) is 17.4. The third-order valence-electron chi connectivity index (χ3n) is 4.62. The van der Waals surface area contributed by atoms with Gasteiger partial charge in [-0.3, -0.25) is 4.79 Å². The van der Waals surface area contributed by atoms with Gasteiger partial charge in [0.2, 0.25) is 0 Å². The molecule has 0 unspecified atom stereocenters. The molecule has 2 aromatic heterocycles. The first-order chi connectivity index (χ1) is 15.9. The van der Waals surface area contributed by atoms with Gasteiger partial charge in [-0.2, -0.15) is 0 Å². The molecule has 8 nitrogen and oxygen atoms in total. The summed E-state index contributed by atoms with van der Waals surface area (Å²) in [6.07, 6.45) is 1.49. The maximum atomic E-state index is 12.3. The fourth-order valence-corrected chi connectivity index (χ4v) is 3.62. The van der Waals surface area contributed by atoms with Crippen molar-refractivity contribution in [2.45, 2.75) is 13.5 Å². The summed E-state index contributed by atoms with van der Waals surface area (Å²) in [5, 5.41) is 3.10. The molecule has 0 spiro atoms. The molecule has 0 aliphatic rings. The van der Waals surface area contributed by atoms with Gasteiger partial charge in [0.25, 0.3) is 5.91 Å². The van der Waals surface area contributed by atoms with Crippen molar-refractivity contribution in [2.75, 3.05) is 6.61 Å². The molecule has 4 rings (SSSR count). The van der Waals surface area contributed by atoms with Gasteiger partial charge in [0.05, 0.1) is 17.3 Å². The van der Waals surface area contributed by atoms with Gasteiger partial charge in [-0.15, -0.1) is 0 Å². The second-order valence-corrected chi connectivity index (χ2v) is 7.96. The zero-order chi connectivity index (χ0) is 23.4. The average Bonchev–Trinajstić information content (AvgIpc) is 3.30. The maximum absolute atomic E-state index is 12.3. The summed E-state index contributed by atoms with van der Waals surface area (Å²) >= 11 is 3.38. The van der Waals surface area contributed by atoms with Gasteiger partial charge >= 0.3 is 11.6 Å². The molecule has 1 N–H and O–H groups in total. The minimum atomic E-state index is -0.810. The van der Waals surface area contributed by atoms with E-state index < -0.39 is 17.5 Å². The van der Waals surface area contributed by atoms with Crippen molar-refractivity contribution in [1.82, 2.24) is 5.32 Å². The monoisotopic (exact) mass is 511 g/mol. The van der Waals surface area contributed by atoms with E-state index in [0.717, 1.165) is 10.0 Å². The summed E-state index contributed by atoms with van der Waals surface area (Å²) in [6.45, 7) is 1.77. The Bertz CT molecular complexity index is 1380. The van der Waals surface area contributed by atoms with Crippen LogP contribution in [-0.4, -0.2) is 18.5 Å². The molecule has 168 valence electrons. The van der Waals surface area contributed by atoms with Crippen LogP contribution in [0.25, 0.3) is 11.0 Å². The quantitative estimate of drug-likeness (QED) is 0.223. The largest absolute Gasteiger partial charge is 0.481 e. The highest BCUT2D eigenvalue weighted by Crippen LogP contribution is 2.26. The van der Waals surface area contributed by atoms with Gasteiger partial charge in [0.1, 0.15) is 28.4 Å². The fourth-order valence-electron chi connectivity index (χ4n) is 3.01. The number of fused-ring (bicyclic) bond motifs is 1. The number of halogens is 1. The number of esters is 1. The molecule has 0 fully saturated rings. The third kappa shape index (κ3) is 5.50. The highest BCUT2D eigenvalue weighted by molar-refractivity contribution is 9.10. The van der Waals surface area contributed by atoms with Gasteiger partial charge in [0, 0.05) is 11.5 Å². The number of benzene rings is 2. The Kier molecular flexibility index (Phi) is 6.60. The molecule has 0 atom stereocenters. The van der Waals surface area contributed by atoms with E-state index >= 15 is 0 Å². The van der Waals surface area contributed by atoms with E-state index in [1.807, 2.05) is 19.1 Å². The molecule has 2 aromatic carbocycles. The summed E-state index contributed by atoms with van der Waals surface area (Å²) in [4.78, 5) is 36.8. The Morgan fingerprint density at radius 3 is 2.70 bits per heavy atom. The number of furan rings is 1. The van der Waals surface area contributed by atoms with Crippen molar-refractivity contribution < 1.29 is 27.9 Å². The number of carbonyl (C=O) groups is 2. The zero-order valence-corrected chi connectivity index (χ0v) is 19.0. The topological polar surface area (TPSA) is 108 Å². The lowest BCUT2D eigenvalue weighted by Crippen LogP contribution is -2.27. The Hall–Kier alpha value is -3.85. The second-order valence-electron chi connectivity index (χ2n) is 7.11. The summed E-state index contributed by atoms with van der Waals surface area (Å²) in [5.41, 5.74) is 0.272. The first-order valence-electron chi connectivity index (χ1n) is 9.87. The van der Waals surface area contributed by atoms with E-state index in [9.17, 15) is 14.4 Å². The van der Waals surface area contributed by atoms with Crippen LogP contribution in [0.4, 0.5) is 0 Å². The molecule has 2 heterocycles. The van der Waals surface area contributed by atoms with Crippen LogP contribution in [0.2, 0.25) is 0 Å². The number of rotatable bonds is 7. The number of hydrogen-bond acceptors (Lipinski definition) is 7. The maximum Gasteiger partial charge on any atom is 0.349 e. The number of amides is 1. The van der Waals surface area contributed by atoms with Crippen LogP contribution in [0.3, 0.4) is 0 Å². The number of nitrogens with one attached hydrogen (secondary N) is 1. The van der Waals surface area contributed by atoms with Gasteiger partial charge in [0.15, 0.2) is 6.61 Å². The van der Waals surface area contributed by atoms with E-state index in [-0.39, 0.29) is 30.0 Å². The highest BCUT2D eigenvalue weighted by atomic mass is 79.9. The number of ether oxygens (including phenoxy) is 2. The van der Waals surface area contributed by atoms with Crippen LogP contribution in [0.15, 0.2) is 79.0 Å². The molecular weight excluding hydrogens is 494 g/mol. The van der Waals surface area contributed by atoms with E-state index in [0.29, 0.717) is 16.9 Å². The second kappa shape index (κ2) is 9.74. The summed E-state index contributed by atoms with van der Waals surface area (Å²) in [6, 6.07) is 14.8. The van der Waals surface area contributed by atoms with Crippen LogP contribution in [0.5, 0.6) is 11.5 Å². The van der Waals surface area contributed by atoms with E-state index in [1.165, 1.54) is 24.5 Å². The first kappa shape index (κ1) is 22.3. The lowest BCUT2D eigenvalue weighted by Gasteiger charge is -2.09. The molecule has 0 aliphatic carbocycles. The van der Waals surface area contributed by atoms with Crippen molar-refractivity contribution >= 4 is 38.8 Å². The summed E-state index contributed by atoms with van der Waals surface area (Å²) in [7, 11) is 0. The van der Waals surface area contributed by atoms with E-state index in [2.05, 4.69) is 21.2 Å². The lowest BCUT2D eigenvalue weighted by atomic mass is 10.1. The highest BCUT2D eigenvalue weighted by Gasteiger charge is 2.15. The van der Waals surface area contributed by atoms with Gasteiger partial charge in [-0.05, 0) is 70.9 Å². The minimum Gasteiger partial charge on any atom is -0.481 e. The van der Waals surface area contributed by atoms with Gasteiger partial charge in [-0.1, -0.05) is 6.07 Å². The van der Waals surface area contributed by atoms with E-state index in [4.69, 9.17) is 18.3 Å². The molecule has 1 amide bonds. The van der Waals surface area contributed by atoms with Crippen LogP contribution in [0.1, 0.15) is 21.7 Å². The van der Waals surface area contributed by atoms with Crippen molar-refractivity contribution in [1.29, 1.82) is 0 Å². The van der Waals surface area contributed by atoms with Crippen molar-refractivity contribution in [3.63, 3.8) is 0 Å². The third-order valence-corrected chi connectivity index (χ3v) is 5.24. The average molecular weight is 512 g/mol. The number of aryl methyl sites for hydroxylation is 1. The molecule has 0 saturated heterocycles.